The van der Waals surface area contributed by atoms with Crippen LogP contribution in [0.1, 0.15) is 27.3 Å². The zero-order chi connectivity index (χ0) is 14.1. The molecule has 20 heavy (non-hydrogen) atoms. The van der Waals surface area contributed by atoms with Crippen LogP contribution in [0.25, 0.3) is 0 Å². The van der Waals surface area contributed by atoms with Crippen molar-refractivity contribution in [3.05, 3.63) is 53.1 Å². The normalized spacial score (nSPS) is 13.3. The molecule has 0 spiro atoms. The molecule has 1 aromatic carbocycles. The SMILES string of the molecule is CN(Cc1nccn1C)C(=O)c1ccc2c(c1)CNC2. The molecule has 1 amide bonds. The average Bonchev–Trinajstić information content (AvgIpc) is 3.06. The summed E-state index contributed by atoms with van der Waals surface area (Å²) in [6, 6.07) is 5.94. The van der Waals surface area contributed by atoms with Gasteiger partial charge >= 0.3 is 0 Å². The van der Waals surface area contributed by atoms with Crippen molar-refractivity contribution < 1.29 is 4.79 Å². The number of nitrogens with one attached hydrogen (secondary N) is 1. The van der Waals surface area contributed by atoms with E-state index in [2.05, 4.69) is 10.3 Å². The molecule has 1 N–H and O–H groups in total. The molecule has 0 aliphatic carbocycles. The lowest BCUT2D eigenvalue weighted by atomic mass is 10.1. The van der Waals surface area contributed by atoms with Gasteiger partial charge < -0.3 is 14.8 Å². The van der Waals surface area contributed by atoms with E-state index in [9.17, 15) is 4.79 Å². The molecule has 2 heterocycles. The van der Waals surface area contributed by atoms with Gasteiger partial charge in [-0.1, -0.05) is 6.07 Å². The van der Waals surface area contributed by atoms with Gasteiger partial charge in [0.2, 0.25) is 0 Å². The predicted molar refractivity (Wildman–Crippen MR) is 76.0 cm³/mol. The minimum Gasteiger partial charge on any atom is -0.337 e. The van der Waals surface area contributed by atoms with Crippen LogP contribution in [0.15, 0.2) is 30.6 Å². The van der Waals surface area contributed by atoms with Crippen LogP contribution in [0.2, 0.25) is 0 Å². The van der Waals surface area contributed by atoms with Gasteiger partial charge in [-0.2, -0.15) is 0 Å². The fourth-order valence-corrected chi connectivity index (χ4v) is 2.48. The van der Waals surface area contributed by atoms with Crippen LogP contribution in [0.4, 0.5) is 0 Å². The largest absolute Gasteiger partial charge is 0.337 e. The van der Waals surface area contributed by atoms with E-state index in [0.29, 0.717) is 6.54 Å². The zero-order valence-corrected chi connectivity index (χ0v) is 11.8. The molecular formula is C15H18N4O. The topological polar surface area (TPSA) is 50.2 Å². The van der Waals surface area contributed by atoms with Crippen LogP contribution >= 0.6 is 0 Å². The van der Waals surface area contributed by atoms with Gasteiger partial charge in [0.25, 0.3) is 5.91 Å². The zero-order valence-electron chi connectivity index (χ0n) is 11.8. The predicted octanol–water partition coefficient (Wildman–Crippen LogP) is 1.30. The first-order valence-electron chi connectivity index (χ1n) is 6.69. The van der Waals surface area contributed by atoms with E-state index >= 15 is 0 Å². The summed E-state index contributed by atoms with van der Waals surface area (Å²) in [4.78, 5) is 18.4. The van der Waals surface area contributed by atoms with Crippen molar-refractivity contribution in [1.29, 1.82) is 0 Å². The van der Waals surface area contributed by atoms with Gasteiger partial charge in [0.1, 0.15) is 5.82 Å². The number of aromatic nitrogens is 2. The van der Waals surface area contributed by atoms with Gasteiger partial charge in [0.15, 0.2) is 0 Å². The Kier molecular flexibility index (Phi) is 3.28. The molecule has 0 saturated carbocycles. The monoisotopic (exact) mass is 270 g/mol. The standard InChI is InChI=1S/C15H18N4O/c1-18-6-5-17-14(18)10-19(2)15(20)11-3-4-12-8-16-9-13(12)7-11/h3-7,16H,8-10H2,1-2H3. The second-order valence-corrected chi connectivity index (χ2v) is 5.20. The highest BCUT2D eigenvalue weighted by Crippen LogP contribution is 2.18. The minimum atomic E-state index is 0.0303. The second kappa shape index (κ2) is 5.09. The number of benzene rings is 1. The number of amides is 1. The van der Waals surface area contributed by atoms with Gasteiger partial charge in [-0.05, 0) is 23.3 Å². The number of nitrogens with zero attached hydrogens (tertiary/aromatic N) is 3. The van der Waals surface area contributed by atoms with Gasteiger partial charge in [-0.25, -0.2) is 4.98 Å². The minimum absolute atomic E-state index is 0.0303. The summed E-state index contributed by atoms with van der Waals surface area (Å²) in [7, 11) is 3.74. The first kappa shape index (κ1) is 12.9. The molecule has 2 aromatic rings. The summed E-state index contributed by atoms with van der Waals surface area (Å²) in [5.41, 5.74) is 3.25. The number of rotatable bonds is 3. The maximum Gasteiger partial charge on any atom is 0.254 e. The Morgan fingerprint density at radius 1 is 1.40 bits per heavy atom. The Morgan fingerprint density at radius 2 is 2.20 bits per heavy atom. The van der Waals surface area contributed by atoms with Crippen LogP contribution in [-0.2, 0) is 26.7 Å². The second-order valence-electron chi connectivity index (χ2n) is 5.20. The summed E-state index contributed by atoms with van der Waals surface area (Å²) < 4.78 is 1.93. The average molecular weight is 270 g/mol. The summed E-state index contributed by atoms with van der Waals surface area (Å²) in [5, 5.41) is 3.29. The summed E-state index contributed by atoms with van der Waals surface area (Å²) in [6.45, 7) is 2.25. The summed E-state index contributed by atoms with van der Waals surface area (Å²) >= 11 is 0. The van der Waals surface area contributed by atoms with Crippen molar-refractivity contribution in [2.45, 2.75) is 19.6 Å². The van der Waals surface area contributed by atoms with Crippen molar-refractivity contribution in [3.8, 4) is 0 Å². The molecule has 0 radical (unpaired) electrons. The van der Waals surface area contributed by atoms with Gasteiger partial charge in [-0.15, -0.1) is 0 Å². The molecule has 0 saturated heterocycles. The molecule has 0 bridgehead atoms. The molecule has 0 fully saturated rings. The smallest absolute Gasteiger partial charge is 0.254 e. The third-order valence-corrected chi connectivity index (χ3v) is 3.73. The van der Waals surface area contributed by atoms with Crippen molar-refractivity contribution in [2.24, 2.45) is 7.05 Å². The van der Waals surface area contributed by atoms with Gasteiger partial charge in [0, 0.05) is 45.1 Å². The van der Waals surface area contributed by atoms with Crippen LogP contribution in [0, 0.1) is 0 Å². The molecule has 1 aliphatic rings. The van der Waals surface area contributed by atoms with E-state index in [1.54, 1.807) is 11.1 Å². The maximum absolute atomic E-state index is 12.5. The number of carbonyl (C=O) groups excluding carboxylic acids is 1. The number of fused-ring (bicyclic) bond motifs is 1. The Hall–Kier alpha value is -2.14. The van der Waals surface area contributed by atoms with Crippen LogP contribution in [-0.4, -0.2) is 27.4 Å². The first-order valence-corrected chi connectivity index (χ1v) is 6.69. The van der Waals surface area contributed by atoms with Crippen LogP contribution < -0.4 is 5.32 Å². The Labute approximate surface area is 118 Å². The number of aryl methyl sites for hydroxylation is 1. The lowest BCUT2D eigenvalue weighted by Crippen LogP contribution is -2.27. The van der Waals surface area contributed by atoms with E-state index in [4.69, 9.17) is 0 Å². The van der Waals surface area contributed by atoms with Crippen molar-refractivity contribution in [2.75, 3.05) is 7.05 Å². The molecule has 5 heteroatoms. The van der Waals surface area contributed by atoms with Gasteiger partial charge in [0.05, 0.1) is 6.54 Å². The highest BCUT2D eigenvalue weighted by Gasteiger charge is 2.17. The van der Waals surface area contributed by atoms with E-state index in [1.807, 2.05) is 43.1 Å². The van der Waals surface area contributed by atoms with Gasteiger partial charge in [-0.3, -0.25) is 4.79 Å². The third kappa shape index (κ3) is 2.32. The fourth-order valence-electron chi connectivity index (χ4n) is 2.48. The van der Waals surface area contributed by atoms with E-state index in [-0.39, 0.29) is 5.91 Å². The lowest BCUT2D eigenvalue weighted by Gasteiger charge is -2.17. The molecule has 0 atom stereocenters. The van der Waals surface area contributed by atoms with Crippen molar-refractivity contribution >= 4 is 5.91 Å². The first-order chi connectivity index (χ1) is 9.65. The maximum atomic E-state index is 12.5. The number of imidazole rings is 1. The number of hydrogen-bond acceptors (Lipinski definition) is 3. The van der Waals surface area contributed by atoms with E-state index in [0.717, 1.165) is 24.5 Å². The van der Waals surface area contributed by atoms with Crippen molar-refractivity contribution in [1.82, 2.24) is 19.8 Å². The van der Waals surface area contributed by atoms with Crippen LogP contribution in [0.5, 0.6) is 0 Å². The summed E-state index contributed by atoms with van der Waals surface area (Å²) in [6.07, 6.45) is 3.63. The Balaban J connectivity index is 1.76. The molecule has 5 nitrogen and oxygen atoms in total. The molecule has 0 unspecified atom stereocenters. The molecule has 104 valence electrons. The Morgan fingerprint density at radius 3 is 2.95 bits per heavy atom. The van der Waals surface area contributed by atoms with E-state index < -0.39 is 0 Å². The van der Waals surface area contributed by atoms with Crippen LogP contribution in [0.3, 0.4) is 0 Å². The quantitative estimate of drug-likeness (QED) is 0.914. The highest BCUT2D eigenvalue weighted by molar-refractivity contribution is 5.94. The summed E-state index contributed by atoms with van der Waals surface area (Å²) in [5.74, 6) is 0.909. The number of hydrogen-bond donors (Lipinski definition) is 1. The Bertz CT molecular complexity index is 647. The fraction of sp³-hybridized carbons (Fsp3) is 0.333. The molecular weight excluding hydrogens is 252 g/mol. The number of carbonyl (C=O) groups is 1. The third-order valence-electron chi connectivity index (χ3n) is 3.73. The van der Waals surface area contributed by atoms with E-state index in [1.165, 1.54) is 11.1 Å². The molecule has 1 aliphatic heterocycles. The molecule has 1 aromatic heterocycles. The molecule has 3 rings (SSSR count). The lowest BCUT2D eigenvalue weighted by molar-refractivity contribution is 0.0780. The van der Waals surface area contributed by atoms with Crippen molar-refractivity contribution in [3.63, 3.8) is 0 Å². The highest BCUT2D eigenvalue weighted by atomic mass is 16.2.